The number of allylic oxidation sites excluding steroid dienone is 1. The molecule has 0 rings (SSSR count). The van der Waals surface area contributed by atoms with Gasteiger partial charge in [0.1, 0.15) is 0 Å². The summed E-state index contributed by atoms with van der Waals surface area (Å²) >= 11 is 0. The van der Waals surface area contributed by atoms with Crippen LogP contribution >= 0.6 is 0 Å². The molecule has 13 heavy (non-hydrogen) atoms. The van der Waals surface area contributed by atoms with Crippen molar-refractivity contribution in [1.82, 2.24) is 5.01 Å². The summed E-state index contributed by atoms with van der Waals surface area (Å²) in [6, 6.07) is 0. The molecule has 0 spiro atoms. The van der Waals surface area contributed by atoms with Gasteiger partial charge in [0.15, 0.2) is 0 Å². The molecule has 0 atom stereocenters. The molecule has 0 fully saturated rings. The molecule has 3 heteroatoms. The van der Waals surface area contributed by atoms with Gasteiger partial charge in [-0.25, -0.2) is 5.84 Å². The number of hydrogen-bond donors (Lipinski definition) is 2. The first-order valence-corrected chi connectivity index (χ1v) is 5.18. The van der Waals surface area contributed by atoms with E-state index < -0.39 is 0 Å². The van der Waals surface area contributed by atoms with E-state index in [0.29, 0.717) is 0 Å². The lowest BCUT2D eigenvalue weighted by atomic mass is 10.2. The Labute approximate surface area is 81.7 Å². The average Bonchev–Trinajstić information content (AvgIpc) is 2.11. The predicted molar refractivity (Wildman–Crippen MR) is 57.6 cm³/mol. The van der Waals surface area contributed by atoms with E-state index in [0.717, 1.165) is 37.9 Å². The summed E-state index contributed by atoms with van der Waals surface area (Å²) in [5.41, 5.74) is 6.66. The minimum atomic E-state index is 0.889. The van der Waals surface area contributed by atoms with E-state index in [-0.39, 0.29) is 0 Å². The van der Waals surface area contributed by atoms with Crippen LogP contribution in [0.2, 0.25) is 0 Å². The van der Waals surface area contributed by atoms with Crippen LogP contribution < -0.4 is 11.6 Å². The predicted octanol–water partition coefficient (Wildman–Crippen LogP) is 1.95. The lowest BCUT2D eigenvalue weighted by Gasteiger charge is -2.14. The van der Waals surface area contributed by atoms with Crippen molar-refractivity contribution in [3.63, 3.8) is 0 Å². The van der Waals surface area contributed by atoms with Crippen LogP contribution in [0.4, 0.5) is 0 Å². The van der Waals surface area contributed by atoms with Gasteiger partial charge in [0.05, 0.1) is 0 Å². The molecule has 0 amide bonds. The van der Waals surface area contributed by atoms with E-state index in [1.54, 1.807) is 5.01 Å². The van der Waals surface area contributed by atoms with Gasteiger partial charge < -0.3 is 10.7 Å². The van der Waals surface area contributed by atoms with Crippen LogP contribution in [-0.2, 0) is 0 Å². The normalized spacial score (nSPS) is 11.8. The molecule has 4 N–H and O–H groups in total. The molecule has 0 heterocycles. The number of hydrazine groups is 1. The van der Waals surface area contributed by atoms with Crippen LogP contribution in [0, 0.1) is 0 Å². The van der Waals surface area contributed by atoms with Gasteiger partial charge in [-0.1, -0.05) is 26.7 Å². The summed E-state index contributed by atoms with van der Waals surface area (Å²) in [6.07, 6.45) is 7.41. The van der Waals surface area contributed by atoms with E-state index in [2.05, 4.69) is 13.8 Å². The lowest BCUT2D eigenvalue weighted by Crippen LogP contribution is -2.27. The zero-order valence-corrected chi connectivity index (χ0v) is 8.92. The second kappa shape index (κ2) is 7.92. The second-order valence-electron chi connectivity index (χ2n) is 3.40. The van der Waals surface area contributed by atoms with Gasteiger partial charge in [-0.15, -0.1) is 0 Å². The number of hydrogen-bond acceptors (Lipinski definition) is 3. The SMILES string of the molecule is CCCC/C(N)=C/N(N)CCCC. The van der Waals surface area contributed by atoms with Crippen molar-refractivity contribution in [2.75, 3.05) is 6.54 Å². The topological polar surface area (TPSA) is 55.3 Å². The minimum Gasteiger partial charge on any atom is -0.401 e. The van der Waals surface area contributed by atoms with Gasteiger partial charge in [-0.3, -0.25) is 0 Å². The van der Waals surface area contributed by atoms with Gasteiger partial charge in [0.2, 0.25) is 0 Å². The van der Waals surface area contributed by atoms with Gasteiger partial charge >= 0.3 is 0 Å². The van der Waals surface area contributed by atoms with Crippen molar-refractivity contribution in [2.45, 2.75) is 46.0 Å². The maximum atomic E-state index is 5.77. The first-order chi connectivity index (χ1) is 6.20. The monoisotopic (exact) mass is 185 g/mol. The maximum absolute atomic E-state index is 5.77. The Kier molecular flexibility index (Phi) is 7.50. The molecule has 0 aromatic carbocycles. The molecule has 0 bridgehead atoms. The molecule has 0 saturated carbocycles. The van der Waals surface area contributed by atoms with Crippen LogP contribution in [0.5, 0.6) is 0 Å². The van der Waals surface area contributed by atoms with Gasteiger partial charge in [-0.2, -0.15) is 0 Å². The highest BCUT2D eigenvalue weighted by atomic mass is 15.4. The van der Waals surface area contributed by atoms with Gasteiger partial charge in [0.25, 0.3) is 0 Å². The Hall–Kier alpha value is -0.700. The van der Waals surface area contributed by atoms with E-state index in [9.17, 15) is 0 Å². The zero-order valence-electron chi connectivity index (χ0n) is 8.92. The third kappa shape index (κ3) is 7.65. The Morgan fingerprint density at radius 1 is 1.23 bits per heavy atom. The Morgan fingerprint density at radius 2 is 1.85 bits per heavy atom. The van der Waals surface area contributed by atoms with Crippen molar-refractivity contribution in [3.05, 3.63) is 11.9 Å². The average molecular weight is 185 g/mol. The minimum absolute atomic E-state index is 0.889. The number of rotatable bonds is 7. The zero-order chi connectivity index (χ0) is 10.1. The Balaban J connectivity index is 3.63. The molecule has 0 saturated heterocycles. The molecule has 0 aliphatic carbocycles. The molecular weight excluding hydrogens is 162 g/mol. The van der Waals surface area contributed by atoms with Crippen LogP contribution in [-0.4, -0.2) is 11.6 Å². The highest BCUT2D eigenvalue weighted by molar-refractivity contribution is 4.94. The van der Waals surface area contributed by atoms with E-state index in [1.165, 1.54) is 6.42 Å². The van der Waals surface area contributed by atoms with Crippen molar-refractivity contribution < 1.29 is 0 Å². The second-order valence-corrected chi connectivity index (χ2v) is 3.40. The Bertz CT molecular complexity index is 143. The lowest BCUT2D eigenvalue weighted by molar-refractivity contribution is 0.379. The van der Waals surface area contributed by atoms with Gasteiger partial charge in [-0.05, 0) is 19.3 Å². The van der Waals surface area contributed by atoms with Crippen LogP contribution in [0.15, 0.2) is 11.9 Å². The van der Waals surface area contributed by atoms with Crippen LogP contribution in [0.3, 0.4) is 0 Å². The molecule has 3 nitrogen and oxygen atoms in total. The molecule has 0 radical (unpaired) electrons. The summed E-state index contributed by atoms with van der Waals surface area (Å²) in [7, 11) is 0. The quantitative estimate of drug-likeness (QED) is 0.471. The summed E-state index contributed by atoms with van der Waals surface area (Å²) in [4.78, 5) is 0. The fraction of sp³-hybridized carbons (Fsp3) is 0.800. The maximum Gasteiger partial charge on any atom is 0.0342 e. The van der Waals surface area contributed by atoms with Crippen LogP contribution in [0.25, 0.3) is 0 Å². The summed E-state index contributed by atoms with van der Waals surface area (Å²) in [5.74, 6) is 5.71. The largest absolute Gasteiger partial charge is 0.401 e. The van der Waals surface area contributed by atoms with Crippen molar-refractivity contribution in [2.24, 2.45) is 11.6 Å². The molecule has 0 aromatic heterocycles. The highest BCUT2D eigenvalue weighted by Crippen LogP contribution is 2.01. The van der Waals surface area contributed by atoms with E-state index in [4.69, 9.17) is 11.6 Å². The van der Waals surface area contributed by atoms with Crippen molar-refractivity contribution >= 4 is 0 Å². The fourth-order valence-corrected chi connectivity index (χ4v) is 1.06. The Morgan fingerprint density at radius 3 is 2.38 bits per heavy atom. The van der Waals surface area contributed by atoms with Crippen molar-refractivity contribution in [1.29, 1.82) is 0 Å². The molecule has 78 valence electrons. The van der Waals surface area contributed by atoms with E-state index in [1.807, 2.05) is 6.20 Å². The first kappa shape index (κ1) is 12.3. The number of nitrogens with zero attached hydrogens (tertiary/aromatic N) is 1. The summed E-state index contributed by atoms with van der Waals surface area (Å²) in [6.45, 7) is 5.20. The standard InChI is InChI=1S/C10H23N3/c1-3-5-7-10(11)9-13(12)8-6-4-2/h9H,3-8,11-12H2,1-2H3/b10-9-. The molecule has 0 unspecified atom stereocenters. The molecule has 0 aliphatic heterocycles. The number of unbranched alkanes of at least 4 members (excludes halogenated alkanes) is 2. The van der Waals surface area contributed by atoms with Crippen LogP contribution in [0.1, 0.15) is 46.0 Å². The first-order valence-electron chi connectivity index (χ1n) is 5.18. The third-order valence-electron chi connectivity index (χ3n) is 1.92. The summed E-state index contributed by atoms with van der Waals surface area (Å²) in [5, 5.41) is 1.69. The van der Waals surface area contributed by atoms with Gasteiger partial charge in [0, 0.05) is 18.4 Å². The fourth-order valence-electron chi connectivity index (χ4n) is 1.06. The number of nitrogens with two attached hydrogens (primary N) is 2. The third-order valence-corrected chi connectivity index (χ3v) is 1.92. The smallest absolute Gasteiger partial charge is 0.0342 e. The summed E-state index contributed by atoms with van der Waals surface area (Å²) < 4.78 is 0. The van der Waals surface area contributed by atoms with Crippen molar-refractivity contribution in [3.8, 4) is 0 Å². The molecular formula is C10H23N3. The highest BCUT2D eigenvalue weighted by Gasteiger charge is 1.94. The van der Waals surface area contributed by atoms with E-state index >= 15 is 0 Å². The molecule has 0 aliphatic rings. The molecule has 0 aromatic rings.